The Balaban J connectivity index is 1.81. The molecule has 0 aliphatic carbocycles. The van der Waals surface area contributed by atoms with Crippen LogP contribution < -0.4 is 9.62 Å². The monoisotopic (exact) mass is 671 g/mol. The highest BCUT2D eigenvalue weighted by atomic mass is 35.5. The third-order valence-corrected chi connectivity index (χ3v) is 10.1. The van der Waals surface area contributed by atoms with Crippen LogP contribution in [0.3, 0.4) is 0 Å². The van der Waals surface area contributed by atoms with Crippen LogP contribution in [-0.2, 0) is 32.6 Å². The molecule has 0 aliphatic rings. The van der Waals surface area contributed by atoms with E-state index >= 15 is 0 Å². The second-order valence-electron chi connectivity index (χ2n) is 10.3. The van der Waals surface area contributed by atoms with Gasteiger partial charge in [-0.05, 0) is 84.6 Å². The van der Waals surface area contributed by atoms with E-state index in [2.05, 4.69) is 5.32 Å². The Morgan fingerprint density at radius 2 is 1.48 bits per heavy atom. The Bertz CT molecular complexity index is 1750. The van der Waals surface area contributed by atoms with Gasteiger partial charge in [-0.1, -0.05) is 77.3 Å². The van der Waals surface area contributed by atoms with Crippen LogP contribution in [0.5, 0.6) is 0 Å². The zero-order valence-corrected chi connectivity index (χ0v) is 27.5. The van der Waals surface area contributed by atoms with E-state index in [1.807, 2.05) is 44.2 Å². The van der Waals surface area contributed by atoms with Crippen molar-refractivity contribution >= 4 is 62.3 Å². The first-order valence-electron chi connectivity index (χ1n) is 13.7. The Kier molecular flexibility index (Phi) is 11.0. The minimum Gasteiger partial charge on any atom is -0.357 e. The van der Waals surface area contributed by atoms with Crippen LogP contribution in [0.1, 0.15) is 22.3 Å². The smallest absolute Gasteiger partial charge is 0.264 e. The molecule has 1 N–H and O–H groups in total. The maximum absolute atomic E-state index is 14.4. The molecule has 0 radical (unpaired) electrons. The van der Waals surface area contributed by atoms with Gasteiger partial charge in [-0.25, -0.2) is 8.42 Å². The van der Waals surface area contributed by atoms with Gasteiger partial charge >= 0.3 is 0 Å². The van der Waals surface area contributed by atoms with Gasteiger partial charge in [0.2, 0.25) is 11.8 Å². The van der Waals surface area contributed by atoms with Crippen LogP contribution in [0.2, 0.25) is 15.1 Å². The Hall–Kier alpha value is -3.56. The van der Waals surface area contributed by atoms with Gasteiger partial charge in [0.15, 0.2) is 0 Å². The molecule has 0 spiro atoms. The van der Waals surface area contributed by atoms with Crippen LogP contribution in [-0.4, -0.2) is 44.8 Å². The van der Waals surface area contributed by atoms with E-state index in [1.54, 1.807) is 36.4 Å². The van der Waals surface area contributed by atoms with Crippen LogP contribution >= 0.6 is 34.8 Å². The summed E-state index contributed by atoms with van der Waals surface area (Å²) in [5.74, 6) is -0.989. The molecular weight excluding hydrogens is 641 g/mol. The van der Waals surface area contributed by atoms with Crippen LogP contribution in [0, 0.1) is 13.8 Å². The average molecular weight is 673 g/mol. The van der Waals surface area contributed by atoms with Crippen molar-refractivity contribution in [2.75, 3.05) is 17.9 Å². The van der Waals surface area contributed by atoms with Gasteiger partial charge in [0.1, 0.15) is 12.6 Å². The molecule has 0 saturated carbocycles. The Morgan fingerprint density at radius 3 is 2.09 bits per heavy atom. The number of hydrogen-bond donors (Lipinski definition) is 1. The Morgan fingerprint density at radius 1 is 0.795 bits per heavy atom. The molecule has 0 aromatic heterocycles. The molecule has 0 unspecified atom stereocenters. The first-order chi connectivity index (χ1) is 20.9. The molecule has 4 rings (SSSR count). The molecule has 1 atom stereocenters. The van der Waals surface area contributed by atoms with Gasteiger partial charge in [0.05, 0.1) is 20.6 Å². The molecule has 230 valence electrons. The highest BCUT2D eigenvalue weighted by Crippen LogP contribution is 2.28. The molecule has 0 saturated heterocycles. The summed E-state index contributed by atoms with van der Waals surface area (Å²) in [6.07, 6.45) is 0.196. The van der Waals surface area contributed by atoms with E-state index in [9.17, 15) is 18.0 Å². The number of rotatable bonds is 11. The third-order valence-electron chi connectivity index (χ3n) is 7.31. The number of nitrogens with zero attached hydrogens (tertiary/aromatic N) is 2. The van der Waals surface area contributed by atoms with Gasteiger partial charge in [0.25, 0.3) is 10.0 Å². The summed E-state index contributed by atoms with van der Waals surface area (Å²) in [7, 11) is -2.74. The molecule has 0 heterocycles. The second kappa shape index (κ2) is 14.5. The average Bonchev–Trinajstić information content (AvgIpc) is 3.01. The molecule has 4 aromatic rings. The lowest BCUT2D eigenvalue weighted by molar-refractivity contribution is -0.139. The standard InChI is InChI=1S/C33H32Cl3N3O4S/c1-22-9-13-27(17-23(22)2)39(44(42,43)28-14-11-26(34)12-15-28)21-32(40)38(20-25-10-16-29(35)30(36)18-25)31(33(41)37-3)19-24-7-5-4-6-8-24/h4-18,31H,19-21H2,1-3H3,(H,37,41)/t31-/m1/s1. The van der Waals surface area contributed by atoms with Gasteiger partial charge < -0.3 is 10.2 Å². The number of anilines is 1. The first kappa shape index (κ1) is 33.3. The lowest BCUT2D eigenvalue weighted by Crippen LogP contribution is -2.53. The summed E-state index contributed by atoms with van der Waals surface area (Å²) < 4.78 is 29.2. The number of benzene rings is 4. The van der Waals surface area contributed by atoms with Crippen LogP contribution in [0.15, 0.2) is 95.9 Å². The number of hydrogen-bond acceptors (Lipinski definition) is 4. The molecule has 11 heteroatoms. The van der Waals surface area contributed by atoms with Gasteiger partial charge in [-0.3, -0.25) is 13.9 Å². The van der Waals surface area contributed by atoms with Gasteiger partial charge in [-0.2, -0.15) is 0 Å². The number of sulfonamides is 1. The first-order valence-corrected chi connectivity index (χ1v) is 16.3. The van der Waals surface area contributed by atoms with Crippen molar-refractivity contribution in [3.63, 3.8) is 0 Å². The second-order valence-corrected chi connectivity index (χ2v) is 13.4. The summed E-state index contributed by atoms with van der Waals surface area (Å²) >= 11 is 18.5. The minimum absolute atomic E-state index is 0.0254. The fourth-order valence-electron chi connectivity index (χ4n) is 4.70. The predicted molar refractivity (Wildman–Crippen MR) is 177 cm³/mol. The molecule has 0 bridgehead atoms. The fourth-order valence-corrected chi connectivity index (χ4v) is 6.55. The highest BCUT2D eigenvalue weighted by Gasteiger charge is 2.34. The van der Waals surface area contributed by atoms with Crippen molar-refractivity contribution in [3.05, 3.63) is 128 Å². The number of carbonyl (C=O) groups is 2. The predicted octanol–water partition coefficient (Wildman–Crippen LogP) is 6.85. The van der Waals surface area contributed by atoms with Gasteiger partial charge in [0, 0.05) is 25.0 Å². The van der Waals surface area contributed by atoms with Crippen molar-refractivity contribution in [3.8, 4) is 0 Å². The lowest BCUT2D eigenvalue weighted by atomic mass is 10.0. The number of aryl methyl sites for hydroxylation is 2. The number of carbonyl (C=O) groups excluding carboxylic acids is 2. The quantitative estimate of drug-likeness (QED) is 0.189. The molecule has 7 nitrogen and oxygen atoms in total. The molecular formula is C33H32Cl3N3O4S. The summed E-state index contributed by atoms with van der Waals surface area (Å²) in [4.78, 5) is 29.1. The topological polar surface area (TPSA) is 86.8 Å². The van der Waals surface area contributed by atoms with Crippen molar-refractivity contribution in [1.82, 2.24) is 10.2 Å². The number of nitrogens with one attached hydrogen (secondary N) is 1. The number of amides is 2. The molecule has 0 aliphatic heterocycles. The number of likely N-dealkylation sites (N-methyl/N-ethyl adjacent to an activating group) is 1. The number of halogens is 3. The van der Waals surface area contributed by atoms with E-state index in [4.69, 9.17) is 34.8 Å². The van der Waals surface area contributed by atoms with Crippen molar-refractivity contribution in [2.45, 2.75) is 37.8 Å². The van der Waals surface area contributed by atoms with E-state index in [0.29, 0.717) is 21.3 Å². The summed E-state index contributed by atoms with van der Waals surface area (Å²) in [6, 6.07) is 24.2. The third kappa shape index (κ3) is 7.93. The summed E-state index contributed by atoms with van der Waals surface area (Å²) in [6.45, 7) is 3.18. The van der Waals surface area contributed by atoms with E-state index in [0.717, 1.165) is 21.0 Å². The summed E-state index contributed by atoms with van der Waals surface area (Å²) in [5, 5.41) is 3.67. The lowest BCUT2D eigenvalue weighted by Gasteiger charge is -2.33. The van der Waals surface area contributed by atoms with E-state index in [-0.39, 0.29) is 22.9 Å². The zero-order valence-electron chi connectivity index (χ0n) is 24.4. The molecule has 4 aromatic carbocycles. The zero-order chi connectivity index (χ0) is 32.0. The maximum Gasteiger partial charge on any atom is 0.264 e. The molecule has 0 fully saturated rings. The van der Waals surface area contributed by atoms with Crippen molar-refractivity contribution in [2.24, 2.45) is 0 Å². The van der Waals surface area contributed by atoms with Crippen LogP contribution in [0.4, 0.5) is 5.69 Å². The minimum atomic E-state index is -4.24. The maximum atomic E-state index is 14.4. The normalized spacial score (nSPS) is 12.0. The van der Waals surface area contributed by atoms with E-state index in [1.165, 1.54) is 36.2 Å². The highest BCUT2D eigenvalue weighted by molar-refractivity contribution is 7.92. The van der Waals surface area contributed by atoms with Crippen LogP contribution in [0.25, 0.3) is 0 Å². The van der Waals surface area contributed by atoms with Crippen molar-refractivity contribution < 1.29 is 18.0 Å². The molecule has 44 heavy (non-hydrogen) atoms. The largest absolute Gasteiger partial charge is 0.357 e. The van der Waals surface area contributed by atoms with Crippen molar-refractivity contribution in [1.29, 1.82) is 0 Å². The van der Waals surface area contributed by atoms with E-state index < -0.39 is 34.4 Å². The fraction of sp³-hybridized carbons (Fsp3) is 0.212. The Labute approximate surface area is 273 Å². The van der Waals surface area contributed by atoms with Gasteiger partial charge in [-0.15, -0.1) is 0 Å². The molecule has 2 amide bonds. The SMILES string of the molecule is CNC(=O)[C@@H](Cc1ccccc1)N(Cc1ccc(Cl)c(Cl)c1)C(=O)CN(c1ccc(C)c(C)c1)S(=O)(=O)c1ccc(Cl)cc1. The summed E-state index contributed by atoms with van der Waals surface area (Å²) in [5.41, 5.74) is 3.57.